The number of fused-ring (bicyclic) bond motifs is 3. The van der Waals surface area contributed by atoms with Crippen molar-refractivity contribution in [2.45, 2.75) is 37.8 Å². The predicted octanol–water partition coefficient (Wildman–Crippen LogP) is 7.60. The van der Waals surface area contributed by atoms with Gasteiger partial charge in [0.2, 0.25) is 5.91 Å². The summed E-state index contributed by atoms with van der Waals surface area (Å²) in [5.74, 6) is -0.571. The molecule has 7 heteroatoms. The quantitative estimate of drug-likeness (QED) is 0.202. The summed E-state index contributed by atoms with van der Waals surface area (Å²) in [6.07, 6.45) is -2.43. The average molecular weight is 598 g/mol. The molecule has 1 fully saturated rings. The van der Waals surface area contributed by atoms with E-state index in [-0.39, 0.29) is 0 Å². The third kappa shape index (κ3) is 6.11. The van der Waals surface area contributed by atoms with Crippen LogP contribution in [0.25, 0.3) is 22.3 Å². The van der Waals surface area contributed by atoms with Crippen molar-refractivity contribution < 1.29 is 18.0 Å². The van der Waals surface area contributed by atoms with Gasteiger partial charge < -0.3 is 10.2 Å². The molecule has 4 aromatic carbocycles. The lowest BCUT2D eigenvalue weighted by Crippen LogP contribution is -2.47. The highest BCUT2D eigenvalue weighted by Gasteiger charge is 2.49. The van der Waals surface area contributed by atoms with Crippen molar-refractivity contribution in [1.29, 1.82) is 0 Å². The normalized spacial score (nSPS) is 18.1. The molecule has 1 N–H and O–H groups in total. The van der Waals surface area contributed by atoms with Gasteiger partial charge in [-0.25, -0.2) is 0 Å². The number of carbonyl (C=O) groups excluding carboxylic acids is 1. The van der Waals surface area contributed by atoms with Gasteiger partial charge in [0.05, 0.1) is 0 Å². The highest BCUT2D eigenvalue weighted by Crippen LogP contribution is 2.52. The summed E-state index contributed by atoms with van der Waals surface area (Å²) >= 11 is 0. The molecule has 1 aliphatic carbocycles. The molecule has 1 unspecified atom stereocenters. The summed E-state index contributed by atoms with van der Waals surface area (Å²) in [6, 6.07) is 32.8. The number of aryl methyl sites for hydroxylation is 1. The third-order valence-electron chi connectivity index (χ3n) is 9.14. The van der Waals surface area contributed by atoms with Crippen molar-refractivity contribution in [1.82, 2.24) is 10.2 Å². The van der Waals surface area contributed by atoms with Crippen LogP contribution < -0.4 is 10.2 Å². The summed E-state index contributed by atoms with van der Waals surface area (Å²) in [6.45, 7) is 5.28. The molecule has 1 aliphatic heterocycles. The number of nitrogens with zero attached hydrogens (tertiary/aromatic N) is 2. The Morgan fingerprint density at radius 1 is 0.773 bits per heavy atom. The smallest absolute Gasteiger partial charge is 0.369 e. The van der Waals surface area contributed by atoms with Gasteiger partial charge in [0, 0.05) is 31.9 Å². The maximum Gasteiger partial charge on any atom is 0.405 e. The average Bonchev–Trinajstić information content (AvgIpc) is 3.32. The first-order chi connectivity index (χ1) is 21.2. The summed E-state index contributed by atoms with van der Waals surface area (Å²) < 4.78 is 39.6. The number of benzene rings is 4. The molecule has 1 heterocycles. The van der Waals surface area contributed by atoms with Gasteiger partial charge in [0.25, 0.3) is 0 Å². The minimum atomic E-state index is -4.48. The molecule has 1 amide bonds. The van der Waals surface area contributed by atoms with Crippen molar-refractivity contribution in [3.63, 3.8) is 0 Å². The van der Waals surface area contributed by atoms with Crippen LogP contribution in [0.5, 0.6) is 0 Å². The van der Waals surface area contributed by atoms with E-state index in [1.54, 1.807) is 0 Å². The lowest BCUT2D eigenvalue weighted by molar-refractivity contribution is -0.141. The van der Waals surface area contributed by atoms with Gasteiger partial charge >= 0.3 is 6.18 Å². The standard InChI is InChI=1S/C37H38F3N3O/c1-27-13-18-32-31-11-5-6-12-33(31)36(34(32)25-27,35(44)41-26-37(38,39)40)19-7-8-20-42-21-23-43(24-22-42)30-16-14-29(15-17-30)28-9-3-2-4-10-28/h2-6,9-18,25H,7-8,19-24,26H2,1H3,(H,41,44). The van der Waals surface area contributed by atoms with Crippen LogP contribution in [0.3, 0.4) is 0 Å². The van der Waals surface area contributed by atoms with Gasteiger partial charge in [-0.2, -0.15) is 13.2 Å². The molecular formula is C37H38F3N3O. The fourth-order valence-corrected chi connectivity index (χ4v) is 6.89. The highest BCUT2D eigenvalue weighted by molar-refractivity contribution is 6.00. The van der Waals surface area contributed by atoms with Crippen LogP contribution in [0.1, 0.15) is 36.0 Å². The van der Waals surface area contributed by atoms with Crippen molar-refractivity contribution in [2.24, 2.45) is 0 Å². The van der Waals surface area contributed by atoms with E-state index < -0.39 is 24.0 Å². The molecule has 1 atom stereocenters. The first kappa shape index (κ1) is 29.9. The van der Waals surface area contributed by atoms with Crippen molar-refractivity contribution in [3.8, 4) is 22.3 Å². The second-order valence-electron chi connectivity index (χ2n) is 12.0. The zero-order valence-electron chi connectivity index (χ0n) is 25.0. The molecule has 2 aliphatic rings. The Kier molecular flexibility index (Phi) is 8.50. The van der Waals surface area contributed by atoms with Gasteiger partial charge in [0.15, 0.2) is 0 Å². The van der Waals surface area contributed by atoms with Crippen LogP contribution in [-0.2, 0) is 10.2 Å². The Labute approximate surface area is 257 Å². The minimum absolute atomic E-state index is 0.456. The Morgan fingerprint density at radius 2 is 1.43 bits per heavy atom. The summed E-state index contributed by atoms with van der Waals surface area (Å²) in [5.41, 5.74) is 6.95. The van der Waals surface area contributed by atoms with Crippen LogP contribution in [0.15, 0.2) is 97.1 Å². The molecule has 4 aromatic rings. The summed E-state index contributed by atoms with van der Waals surface area (Å²) in [4.78, 5) is 18.7. The number of anilines is 1. The maximum absolute atomic E-state index is 13.8. The van der Waals surface area contributed by atoms with Crippen molar-refractivity contribution in [2.75, 3.05) is 44.2 Å². The first-order valence-electron chi connectivity index (χ1n) is 15.4. The number of amides is 1. The number of nitrogens with one attached hydrogen (secondary N) is 1. The highest BCUT2D eigenvalue weighted by atomic mass is 19.4. The van der Waals surface area contributed by atoms with Crippen LogP contribution >= 0.6 is 0 Å². The molecule has 0 saturated carbocycles. The number of rotatable bonds is 9. The fraction of sp³-hybridized carbons (Fsp3) is 0.324. The van der Waals surface area contributed by atoms with Gasteiger partial charge in [-0.15, -0.1) is 0 Å². The van der Waals surface area contributed by atoms with E-state index in [1.807, 2.05) is 55.5 Å². The Bertz CT molecular complexity index is 1590. The molecule has 0 aromatic heterocycles. The SMILES string of the molecule is Cc1ccc2c(c1)C(CCCCN1CCN(c3ccc(-c4ccccc4)cc3)CC1)(C(=O)NCC(F)(F)F)c1ccccc1-2. The van der Waals surface area contributed by atoms with E-state index in [0.29, 0.717) is 6.42 Å². The van der Waals surface area contributed by atoms with E-state index in [1.165, 1.54) is 16.8 Å². The Balaban J connectivity index is 1.10. The van der Waals surface area contributed by atoms with E-state index in [0.717, 1.165) is 73.4 Å². The molecule has 44 heavy (non-hydrogen) atoms. The van der Waals surface area contributed by atoms with Gasteiger partial charge in [-0.05, 0) is 71.8 Å². The number of halogens is 3. The third-order valence-corrected chi connectivity index (χ3v) is 9.14. The predicted molar refractivity (Wildman–Crippen MR) is 171 cm³/mol. The first-order valence-corrected chi connectivity index (χ1v) is 15.4. The molecule has 0 bridgehead atoms. The van der Waals surface area contributed by atoms with Crippen molar-refractivity contribution in [3.05, 3.63) is 114 Å². The van der Waals surface area contributed by atoms with Gasteiger partial charge in [0.1, 0.15) is 12.0 Å². The van der Waals surface area contributed by atoms with E-state index >= 15 is 0 Å². The lowest BCUT2D eigenvalue weighted by atomic mass is 9.73. The zero-order chi connectivity index (χ0) is 30.7. The summed E-state index contributed by atoms with van der Waals surface area (Å²) in [7, 11) is 0. The number of piperazine rings is 1. The minimum Gasteiger partial charge on any atom is -0.369 e. The monoisotopic (exact) mass is 597 g/mol. The number of hydrogen-bond donors (Lipinski definition) is 1. The van der Waals surface area contributed by atoms with E-state index in [4.69, 9.17) is 0 Å². The van der Waals surface area contributed by atoms with E-state index in [9.17, 15) is 18.0 Å². The topological polar surface area (TPSA) is 35.6 Å². The largest absolute Gasteiger partial charge is 0.405 e. The van der Waals surface area contributed by atoms with Crippen LogP contribution in [0.2, 0.25) is 0 Å². The van der Waals surface area contributed by atoms with Gasteiger partial charge in [-0.1, -0.05) is 96.9 Å². The molecule has 0 spiro atoms. The van der Waals surface area contributed by atoms with Crippen LogP contribution in [-0.4, -0.2) is 56.3 Å². The molecule has 228 valence electrons. The number of unbranched alkanes of at least 4 members (excludes halogenated alkanes) is 1. The van der Waals surface area contributed by atoms with Crippen molar-refractivity contribution >= 4 is 11.6 Å². The Morgan fingerprint density at radius 3 is 2.16 bits per heavy atom. The number of alkyl halides is 3. The zero-order valence-corrected chi connectivity index (χ0v) is 25.0. The van der Waals surface area contributed by atoms with Crippen LogP contribution in [0, 0.1) is 6.92 Å². The maximum atomic E-state index is 13.8. The fourth-order valence-electron chi connectivity index (χ4n) is 6.89. The Hall–Kier alpha value is -4.10. The molecule has 4 nitrogen and oxygen atoms in total. The molecule has 1 saturated heterocycles. The van der Waals surface area contributed by atoms with Crippen LogP contribution in [0.4, 0.5) is 18.9 Å². The molecule has 0 radical (unpaired) electrons. The second kappa shape index (κ2) is 12.5. The molecule has 6 rings (SSSR count). The number of carbonyl (C=O) groups is 1. The second-order valence-corrected chi connectivity index (χ2v) is 12.0. The van der Waals surface area contributed by atoms with Gasteiger partial charge in [-0.3, -0.25) is 9.69 Å². The molecular weight excluding hydrogens is 559 g/mol. The lowest BCUT2D eigenvalue weighted by Gasteiger charge is -2.36. The van der Waals surface area contributed by atoms with E-state index in [2.05, 4.69) is 63.6 Å². The summed E-state index contributed by atoms with van der Waals surface area (Å²) in [5, 5.41) is 2.25. The number of hydrogen-bond acceptors (Lipinski definition) is 3.